The van der Waals surface area contributed by atoms with Crippen LogP contribution in [0.1, 0.15) is 21.7 Å². The predicted octanol–water partition coefficient (Wildman–Crippen LogP) is 3.57. The molecular formula is C21H21N3O3. The number of hydrazone groups is 1. The number of amides is 1. The van der Waals surface area contributed by atoms with Crippen LogP contribution in [0.2, 0.25) is 0 Å². The molecule has 0 aliphatic carbocycles. The van der Waals surface area contributed by atoms with Gasteiger partial charge >= 0.3 is 0 Å². The highest BCUT2D eigenvalue weighted by Crippen LogP contribution is 2.19. The minimum absolute atomic E-state index is 0.301. The van der Waals surface area contributed by atoms with E-state index in [0.717, 1.165) is 22.8 Å². The monoisotopic (exact) mass is 363 g/mol. The number of carbonyl (C=O) groups excluding carboxylic acids is 1. The quantitative estimate of drug-likeness (QED) is 0.538. The molecule has 1 N–H and O–H groups in total. The molecule has 6 nitrogen and oxygen atoms in total. The Labute approximate surface area is 158 Å². The van der Waals surface area contributed by atoms with Crippen LogP contribution in [0.4, 0.5) is 0 Å². The Morgan fingerprint density at radius 3 is 2.44 bits per heavy atom. The molecule has 0 aliphatic rings. The van der Waals surface area contributed by atoms with Crippen molar-refractivity contribution in [3.63, 3.8) is 0 Å². The second-order valence-electron chi connectivity index (χ2n) is 5.86. The summed E-state index contributed by atoms with van der Waals surface area (Å²) in [7, 11) is 3.20. The number of rotatable bonds is 6. The third-order valence-corrected chi connectivity index (χ3v) is 4.13. The SMILES string of the molecule is COc1ccc(-n2c(C)ccc2/C=N/NC(=O)c2cccc(OC)c2)cc1. The minimum atomic E-state index is -0.301. The van der Waals surface area contributed by atoms with Gasteiger partial charge in [0.2, 0.25) is 0 Å². The maximum absolute atomic E-state index is 12.2. The summed E-state index contributed by atoms with van der Waals surface area (Å²) in [5, 5.41) is 4.10. The molecule has 0 spiro atoms. The average molecular weight is 363 g/mol. The smallest absolute Gasteiger partial charge is 0.271 e. The van der Waals surface area contributed by atoms with Gasteiger partial charge in [-0.25, -0.2) is 5.43 Å². The van der Waals surface area contributed by atoms with Crippen LogP contribution >= 0.6 is 0 Å². The van der Waals surface area contributed by atoms with Crippen molar-refractivity contribution in [1.29, 1.82) is 0 Å². The molecule has 0 fully saturated rings. The van der Waals surface area contributed by atoms with E-state index >= 15 is 0 Å². The molecule has 1 heterocycles. The number of ether oxygens (including phenoxy) is 2. The Kier molecular flexibility index (Phi) is 5.56. The van der Waals surface area contributed by atoms with Crippen LogP contribution < -0.4 is 14.9 Å². The Balaban J connectivity index is 1.76. The lowest BCUT2D eigenvalue weighted by Crippen LogP contribution is -2.17. The van der Waals surface area contributed by atoms with Gasteiger partial charge in [0.05, 0.1) is 26.1 Å². The second kappa shape index (κ2) is 8.23. The summed E-state index contributed by atoms with van der Waals surface area (Å²) in [6, 6.07) is 18.6. The molecule has 0 radical (unpaired) electrons. The number of aromatic nitrogens is 1. The number of hydrogen-bond donors (Lipinski definition) is 1. The largest absolute Gasteiger partial charge is 0.497 e. The number of aryl methyl sites for hydroxylation is 1. The van der Waals surface area contributed by atoms with Gasteiger partial charge in [-0.1, -0.05) is 6.07 Å². The molecule has 6 heteroatoms. The molecule has 1 aromatic heterocycles. The lowest BCUT2D eigenvalue weighted by molar-refractivity contribution is 0.0955. The highest BCUT2D eigenvalue weighted by Gasteiger charge is 2.08. The van der Waals surface area contributed by atoms with Crippen molar-refractivity contribution in [2.45, 2.75) is 6.92 Å². The zero-order chi connectivity index (χ0) is 19.2. The molecule has 0 bridgehead atoms. The Morgan fingerprint density at radius 2 is 1.74 bits per heavy atom. The maximum Gasteiger partial charge on any atom is 0.271 e. The molecule has 3 rings (SSSR count). The third-order valence-electron chi connectivity index (χ3n) is 4.13. The van der Waals surface area contributed by atoms with Crippen LogP contribution in [0.5, 0.6) is 11.5 Å². The Morgan fingerprint density at radius 1 is 1.00 bits per heavy atom. The summed E-state index contributed by atoms with van der Waals surface area (Å²) in [5.41, 5.74) is 5.92. The number of nitrogens with one attached hydrogen (secondary N) is 1. The van der Waals surface area contributed by atoms with Gasteiger partial charge in [0.15, 0.2) is 0 Å². The van der Waals surface area contributed by atoms with Crippen molar-refractivity contribution >= 4 is 12.1 Å². The number of methoxy groups -OCH3 is 2. The summed E-state index contributed by atoms with van der Waals surface area (Å²) < 4.78 is 12.4. The lowest BCUT2D eigenvalue weighted by atomic mass is 10.2. The van der Waals surface area contributed by atoms with E-state index in [-0.39, 0.29) is 5.91 Å². The van der Waals surface area contributed by atoms with E-state index in [4.69, 9.17) is 9.47 Å². The van der Waals surface area contributed by atoms with Crippen LogP contribution in [-0.4, -0.2) is 30.9 Å². The van der Waals surface area contributed by atoms with Crippen LogP contribution in [0.25, 0.3) is 5.69 Å². The summed E-state index contributed by atoms with van der Waals surface area (Å²) in [4.78, 5) is 12.2. The van der Waals surface area contributed by atoms with Crippen LogP contribution in [0, 0.1) is 6.92 Å². The van der Waals surface area contributed by atoms with Crippen molar-refractivity contribution in [3.05, 3.63) is 77.6 Å². The zero-order valence-electron chi connectivity index (χ0n) is 15.5. The highest BCUT2D eigenvalue weighted by molar-refractivity contribution is 5.95. The molecule has 27 heavy (non-hydrogen) atoms. The van der Waals surface area contributed by atoms with Crippen molar-refractivity contribution in [2.24, 2.45) is 5.10 Å². The number of hydrogen-bond acceptors (Lipinski definition) is 4. The first-order valence-corrected chi connectivity index (χ1v) is 8.42. The number of benzene rings is 2. The maximum atomic E-state index is 12.2. The molecule has 1 amide bonds. The molecule has 0 saturated heterocycles. The standard InChI is InChI=1S/C21H21N3O3/c1-15-7-8-18(24(15)17-9-11-19(26-2)12-10-17)14-22-23-21(25)16-5-4-6-20(13-16)27-3/h4-14H,1-3H3,(H,23,25)/b22-14+. The fourth-order valence-electron chi connectivity index (χ4n) is 2.73. The molecule has 0 aliphatic heterocycles. The summed E-state index contributed by atoms with van der Waals surface area (Å²) >= 11 is 0. The van der Waals surface area contributed by atoms with E-state index in [0.29, 0.717) is 11.3 Å². The molecule has 3 aromatic rings. The second-order valence-corrected chi connectivity index (χ2v) is 5.86. The fourth-order valence-corrected chi connectivity index (χ4v) is 2.73. The Hall–Kier alpha value is -3.54. The van der Waals surface area contributed by atoms with E-state index in [9.17, 15) is 4.79 Å². The first-order valence-electron chi connectivity index (χ1n) is 8.42. The van der Waals surface area contributed by atoms with Crippen molar-refractivity contribution in [3.8, 4) is 17.2 Å². The molecular weight excluding hydrogens is 342 g/mol. The van der Waals surface area contributed by atoms with Crippen LogP contribution in [0.15, 0.2) is 65.8 Å². The van der Waals surface area contributed by atoms with Gasteiger partial charge in [0, 0.05) is 16.9 Å². The average Bonchev–Trinajstić information content (AvgIpc) is 3.08. The molecule has 138 valence electrons. The van der Waals surface area contributed by atoms with Gasteiger partial charge < -0.3 is 14.0 Å². The molecule has 0 unspecified atom stereocenters. The summed E-state index contributed by atoms with van der Waals surface area (Å²) in [6.45, 7) is 2.01. The lowest BCUT2D eigenvalue weighted by Gasteiger charge is -2.10. The summed E-state index contributed by atoms with van der Waals surface area (Å²) in [5.74, 6) is 1.12. The van der Waals surface area contributed by atoms with Gasteiger partial charge in [0.1, 0.15) is 11.5 Å². The van der Waals surface area contributed by atoms with Crippen LogP contribution in [0.3, 0.4) is 0 Å². The third kappa shape index (κ3) is 4.17. The van der Waals surface area contributed by atoms with E-state index in [2.05, 4.69) is 10.5 Å². The molecule has 0 saturated carbocycles. The minimum Gasteiger partial charge on any atom is -0.497 e. The van der Waals surface area contributed by atoms with E-state index in [1.807, 2.05) is 47.9 Å². The van der Waals surface area contributed by atoms with Gasteiger partial charge in [-0.15, -0.1) is 0 Å². The van der Waals surface area contributed by atoms with E-state index < -0.39 is 0 Å². The van der Waals surface area contributed by atoms with Crippen molar-refractivity contribution < 1.29 is 14.3 Å². The zero-order valence-corrected chi connectivity index (χ0v) is 15.5. The van der Waals surface area contributed by atoms with Gasteiger partial charge in [0.25, 0.3) is 5.91 Å². The van der Waals surface area contributed by atoms with Gasteiger partial charge in [-0.3, -0.25) is 4.79 Å². The number of nitrogens with zero attached hydrogens (tertiary/aromatic N) is 2. The topological polar surface area (TPSA) is 64.8 Å². The van der Waals surface area contributed by atoms with Crippen LogP contribution in [-0.2, 0) is 0 Å². The molecule has 0 atom stereocenters. The van der Waals surface area contributed by atoms with E-state index in [1.165, 1.54) is 0 Å². The Bertz CT molecular complexity index is 959. The van der Waals surface area contributed by atoms with Gasteiger partial charge in [-0.05, 0) is 61.5 Å². The van der Waals surface area contributed by atoms with Crippen molar-refractivity contribution in [2.75, 3.05) is 14.2 Å². The fraction of sp³-hybridized carbons (Fsp3) is 0.143. The predicted molar refractivity (Wildman–Crippen MR) is 105 cm³/mol. The number of carbonyl (C=O) groups is 1. The van der Waals surface area contributed by atoms with Crippen molar-refractivity contribution in [1.82, 2.24) is 9.99 Å². The first-order chi connectivity index (χ1) is 13.1. The highest BCUT2D eigenvalue weighted by atomic mass is 16.5. The van der Waals surface area contributed by atoms with Gasteiger partial charge in [-0.2, -0.15) is 5.10 Å². The molecule has 2 aromatic carbocycles. The summed E-state index contributed by atoms with van der Waals surface area (Å²) in [6.07, 6.45) is 1.62. The van der Waals surface area contributed by atoms with E-state index in [1.54, 1.807) is 44.7 Å². The normalized spacial score (nSPS) is 10.8. The first kappa shape index (κ1) is 18.3.